The largest absolute Gasteiger partial charge is 0.295 e. The molecule has 0 bridgehead atoms. The zero-order valence-electron chi connectivity index (χ0n) is 11.6. The molecule has 112 valence electrons. The third-order valence-corrected chi connectivity index (χ3v) is 3.08. The van der Waals surface area contributed by atoms with E-state index in [2.05, 4.69) is 15.6 Å². The molecule has 22 heavy (non-hydrogen) atoms. The summed E-state index contributed by atoms with van der Waals surface area (Å²) in [5.41, 5.74) is 3.40. The number of hydrazone groups is 1. The maximum atomic E-state index is 12.3. The minimum atomic E-state index is -0.537. The number of carbonyl (C=O) groups is 1. The Labute approximate surface area is 130 Å². The van der Waals surface area contributed by atoms with Gasteiger partial charge in [0.1, 0.15) is 6.42 Å². The molecule has 2 rings (SSSR count). The Morgan fingerprint density at radius 3 is 2.82 bits per heavy atom. The molecule has 7 nitrogen and oxygen atoms in total. The van der Waals surface area contributed by atoms with Gasteiger partial charge in [-0.25, -0.2) is 10.1 Å². The summed E-state index contributed by atoms with van der Waals surface area (Å²) in [5.74, 6) is -0.537. The molecule has 8 heteroatoms. The van der Waals surface area contributed by atoms with Crippen LogP contribution in [0.4, 0.5) is 0 Å². The molecular weight excluding hydrogens is 306 g/mol. The molecule has 0 spiro atoms. The lowest BCUT2D eigenvalue weighted by molar-refractivity contribution is -0.120. The molecule has 1 aromatic carbocycles. The molecule has 2 aromatic rings. The predicted molar refractivity (Wildman–Crippen MR) is 82.1 cm³/mol. The number of nitrogens with one attached hydrogen (secondary N) is 2. The van der Waals surface area contributed by atoms with E-state index in [1.807, 2.05) is 0 Å². The van der Waals surface area contributed by atoms with Gasteiger partial charge in [-0.2, -0.15) is 10.4 Å². The average Bonchev–Trinajstić information content (AvgIpc) is 2.76. The van der Waals surface area contributed by atoms with Gasteiger partial charge in [0, 0.05) is 10.7 Å². The van der Waals surface area contributed by atoms with Crippen molar-refractivity contribution < 1.29 is 4.79 Å². The third-order valence-electron chi connectivity index (χ3n) is 2.82. The summed E-state index contributed by atoms with van der Waals surface area (Å²) in [4.78, 5) is 23.4. The number of amides is 1. The number of hydrogen-bond donors (Lipinski definition) is 2. The first-order chi connectivity index (χ1) is 10.5. The highest BCUT2D eigenvalue weighted by atomic mass is 35.5. The van der Waals surface area contributed by atoms with Gasteiger partial charge in [-0.05, 0) is 31.2 Å². The van der Waals surface area contributed by atoms with E-state index in [0.29, 0.717) is 22.0 Å². The number of nitriles is 1. The zero-order valence-corrected chi connectivity index (χ0v) is 12.4. The van der Waals surface area contributed by atoms with Crippen LogP contribution in [0, 0.1) is 18.3 Å². The van der Waals surface area contributed by atoms with Crippen LogP contribution in [0.3, 0.4) is 0 Å². The van der Waals surface area contributed by atoms with Gasteiger partial charge in [0.25, 0.3) is 11.5 Å². The molecule has 1 amide bonds. The van der Waals surface area contributed by atoms with E-state index in [1.54, 1.807) is 37.3 Å². The van der Waals surface area contributed by atoms with Crippen molar-refractivity contribution in [1.82, 2.24) is 15.2 Å². The first-order valence-electron chi connectivity index (χ1n) is 6.29. The minimum Gasteiger partial charge on any atom is -0.295 e. The molecule has 0 aliphatic heterocycles. The molecule has 0 radical (unpaired) electrons. The zero-order chi connectivity index (χ0) is 16.1. The normalized spacial score (nSPS) is 10.6. The molecule has 0 atom stereocenters. The number of hydrogen-bond acceptors (Lipinski definition) is 4. The van der Waals surface area contributed by atoms with E-state index in [1.165, 1.54) is 10.9 Å². The quantitative estimate of drug-likeness (QED) is 0.659. The molecule has 0 fully saturated rings. The number of aromatic amines is 1. The molecule has 2 N–H and O–H groups in total. The van der Waals surface area contributed by atoms with E-state index in [9.17, 15) is 9.59 Å². The van der Waals surface area contributed by atoms with Crippen molar-refractivity contribution in [2.24, 2.45) is 5.10 Å². The highest BCUT2D eigenvalue weighted by Crippen LogP contribution is 2.12. The van der Waals surface area contributed by atoms with Gasteiger partial charge in [0.05, 0.1) is 23.5 Å². The second-order valence-corrected chi connectivity index (χ2v) is 4.83. The number of H-pyrrole nitrogens is 1. The molecule has 1 aromatic heterocycles. The SMILES string of the molecule is Cc1[nH]n(-c2ccc(Cl)cc2)c(=O)c1/C=N/NC(=O)CC#N. The van der Waals surface area contributed by atoms with Crippen LogP contribution in [0.25, 0.3) is 5.69 Å². The van der Waals surface area contributed by atoms with Gasteiger partial charge >= 0.3 is 0 Å². The number of halogens is 1. The molecule has 0 saturated heterocycles. The highest BCUT2D eigenvalue weighted by molar-refractivity contribution is 6.30. The number of rotatable bonds is 4. The van der Waals surface area contributed by atoms with Crippen molar-refractivity contribution in [3.63, 3.8) is 0 Å². The van der Waals surface area contributed by atoms with Crippen molar-refractivity contribution in [2.45, 2.75) is 13.3 Å². The van der Waals surface area contributed by atoms with Crippen LogP contribution in [0.15, 0.2) is 34.2 Å². The van der Waals surface area contributed by atoms with Gasteiger partial charge < -0.3 is 0 Å². The lowest BCUT2D eigenvalue weighted by Gasteiger charge is -2.00. The van der Waals surface area contributed by atoms with Crippen LogP contribution in [0.5, 0.6) is 0 Å². The monoisotopic (exact) mass is 317 g/mol. The summed E-state index contributed by atoms with van der Waals surface area (Å²) in [6.07, 6.45) is 0.953. The third kappa shape index (κ3) is 3.42. The Bertz CT molecular complexity index is 811. The molecule has 0 unspecified atom stereocenters. The number of aromatic nitrogens is 2. The topological polar surface area (TPSA) is 103 Å². The lowest BCUT2D eigenvalue weighted by Crippen LogP contribution is -2.19. The lowest BCUT2D eigenvalue weighted by atomic mass is 10.3. The fourth-order valence-corrected chi connectivity index (χ4v) is 1.89. The smallest absolute Gasteiger partial charge is 0.280 e. The molecule has 0 aliphatic carbocycles. The molecule has 0 aliphatic rings. The van der Waals surface area contributed by atoms with E-state index in [4.69, 9.17) is 16.9 Å². The van der Waals surface area contributed by atoms with Gasteiger partial charge in [-0.15, -0.1) is 0 Å². The Balaban J connectivity index is 2.26. The summed E-state index contributed by atoms with van der Waals surface area (Å²) in [6, 6.07) is 8.46. The van der Waals surface area contributed by atoms with E-state index in [-0.39, 0.29) is 12.0 Å². The number of nitrogens with zero attached hydrogens (tertiary/aromatic N) is 3. The van der Waals surface area contributed by atoms with Crippen LogP contribution in [-0.4, -0.2) is 21.9 Å². The number of aryl methyl sites for hydroxylation is 1. The molecular formula is C14H12ClN5O2. The second kappa shape index (κ2) is 6.74. The molecule has 1 heterocycles. The first-order valence-corrected chi connectivity index (χ1v) is 6.67. The Morgan fingerprint density at radius 1 is 1.50 bits per heavy atom. The average molecular weight is 318 g/mol. The Hall–Kier alpha value is -2.85. The van der Waals surface area contributed by atoms with Gasteiger partial charge in [0.15, 0.2) is 0 Å². The van der Waals surface area contributed by atoms with E-state index >= 15 is 0 Å². The van der Waals surface area contributed by atoms with E-state index in [0.717, 1.165) is 0 Å². The summed E-state index contributed by atoms with van der Waals surface area (Å²) in [7, 11) is 0. The van der Waals surface area contributed by atoms with Crippen LogP contribution in [0.2, 0.25) is 5.02 Å². The van der Waals surface area contributed by atoms with Crippen molar-refractivity contribution >= 4 is 23.7 Å². The van der Waals surface area contributed by atoms with Crippen molar-refractivity contribution in [1.29, 1.82) is 5.26 Å². The van der Waals surface area contributed by atoms with Crippen molar-refractivity contribution in [3.8, 4) is 11.8 Å². The van der Waals surface area contributed by atoms with Gasteiger partial charge in [-0.1, -0.05) is 11.6 Å². The van der Waals surface area contributed by atoms with Gasteiger partial charge in [-0.3, -0.25) is 14.7 Å². The summed E-state index contributed by atoms with van der Waals surface area (Å²) in [6.45, 7) is 1.71. The van der Waals surface area contributed by atoms with Crippen LogP contribution in [0.1, 0.15) is 17.7 Å². The second-order valence-electron chi connectivity index (χ2n) is 4.40. The Kier molecular flexibility index (Phi) is 4.76. The number of benzene rings is 1. The standard InChI is InChI=1S/C14H12ClN5O2/c1-9-12(8-17-18-13(21)6-7-16)14(22)20(19-9)11-4-2-10(15)3-5-11/h2-5,8,19H,6H2,1H3,(H,18,21)/b17-8+. The maximum absolute atomic E-state index is 12.3. The van der Waals surface area contributed by atoms with Crippen molar-refractivity contribution in [3.05, 3.63) is 50.9 Å². The summed E-state index contributed by atoms with van der Waals surface area (Å²) < 4.78 is 1.35. The van der Waals surface area contributed by atoms with Crippen LogP contribution < -0.4 is 11.0 Å². The fourth-order valence-electron chi connectivity index (χ4n) is 1.76. The molecule has 0 saturated carbocycles. The van der Waals surface area contributed by atoms with Crippen LogP contribution in [-0.2, 0) is 4.79 Å². The predicted octanol–water partition coefficient (Wildman–Crippen LogP) is 1.49. The van der Waals surface area contributed by atoms with Crippen LogP contribution >= 0.6 is 11.6 Å². The highest BCUT2D eigenvalue weighted by Gasteiger charge is 2.10. The fraction of sp³-hybridized carbons (Fsp3) is 0.143. The van der Waals surface area contributed by atoms with Crippen molar-refractivity contribution in [2.75, 3.05) is 0 Å². The van der Waals surface area contributed by atoms with E-state index < -0.39 is 5.91 Å². The first kappa shape index (κ1) is 15.5. The summed E-state index contributed by atoms with van der Waals surface area (Å²) >= 11 is 5.82. The van der Waals surface area contributed by atoms with Gasteiger partial charge in [0.2, 0.25) is 0 Å². The minimum absolute atomic E-state index is 0.293. The summed E-state index contributed by atoms with van der Waals surface area (Å²) in [5, 5.41) is 15.5. The Morgan fingerprint density at radius 2 is 2.18 bits per heavy atom. The number of carbonyl (C=O) groups excluding carboxylic acids is 1. The maximum Gasteiger partial charge on any atom is 0.280 e.